The normalized spacial score (nSPS) is 22.4. The summed E-state index contributed by atoms with van der Waals surface area (Å²) in [5.41, 5.74) is 7.63. The molecule has 0 spiro atoms. The Balaban J connectivity index is 1.90. The summed E-state index contributed by atoms with van der Waals surface area (Å²) < 4.78 is 2.84. The zero-order valence-electron chi connectivity index (χ0n) is 12.2. The van der Waals surface area contributed by atoms with E-state index in [1.165, 1.54) is 19.3 Å². The van der Waals surface area contributed by atoms with E-state index in [0.717, 1.165) is 34.6 Å². The lowest BCUT2D eigenvalue weighted by molar-refractivity contribution is 0.255. The first-order valence-corrected chi connectivity index (χ1v) is 8.32. The van der Waals surface area contributed by atoms with Crippen LogP contribution in [-0.2, 0) is 0 Å². The third kappa shape index (κ3) is 2.81. The molecular weight excluding hydrogens is 330 g/mol. The molecule has 1 aromatic carbocycles. The zero-order chi connectivity index (χ0) is 14.8. The average Bonchev–Trinajstić information content (AvgIpc) is 2.99. The van der Waals surface area contributed by atoms with Gasteiger partial charge < -0.3 is 5.73 Å². The van der Waals surface area contributed by atoms with Gasteiger partial charge in [-0.1, -0.05) is 19.4 Å². The minimum absolute atomic E-state index is 0.395. The van der Waals surface area contributed by atoms with Crippen molar-refractivity contribution in [2.45, 2.75) is 45.1 Å². The summed E-state index contributed by atoms with van der Waals surface area (Å²) in [6.45, 7) is 2.28. The zero-order valence-corrected chi connectivity index (χ0v) is 13.8. The molecule has 1 aliphatic rings. The highest BCUT2D eigenvalue weighted by Gasteiger charge is 2.25. The van der Waals surface area contributed by atoms with Crippen molar-refractivity contribution in [2.24, 2.45) is 5.92 Å². The van der Waals surface area contributed by atoms with Gasteiger partial charge in [0, 0.05) is 11.3 Å². The molecule has 0 radical (unpaired) electrons. The third-order valence-electron chi connectivity index (χ3n) is 4.50. The molecule has 2 N–H and O–H groups in total. The van der Waals surface area contributed by atoms with Gasteiger partial charge in [0.25, 0.3) is 0 Å². The van der Waals surface area contributed by atoms with E-state index in [2.05, 4.69) is 38.4 Å². The smallest absolute Gasteiger partial charge is 0.183 e. The molecule has 1 aromatic heterocycles. The predicted molar refractivity (Wildman–Crippen MR) is 86.7 cm³/mol. The Morgan fingerprint density at radius 3 is 2.76 bits per heavy atom. The predicted octanol–water partition coefficient (Wildman–Crippen LogP) is 3.83. The molecule has 0 bridgehead atoms. The van der Waals surface area contributed by atoms with E-state index in [1.54, 1.807) is 0 Å². The van der Waals surface area contributed by atoms with Crippen LogP contribution in [0.25, 0.3) is 11.4 Å². The van der Waals surface area contributed by atoms with Gasteiger partial charge in [0.05, 0.1) is 10.5 Å². The lowest BCUT2D eigenvalue weighted by Crippen LogP contribution is -2.19. The summed E-state index contributed by atoms with van der Waals surface area (Å²) in [6, 6.07) is 6.20. The fourth-order valence-electron chi connectivity index (χ4n) is 3.14. The highest BCUT2D eigenvalue weighted by molar-refractivity contribution is 9.10. The number of hydrogen-bond acceptors (Lipinski definition) is 4. The number of nitrogens with two attached hydrogens (primary N) is 1. The number of hydrogen-bond donors (Lipinski definition) is 1. The van der Waals surface area contributed by atoms with Gasteiger partial charge in [0.2, 0.25) is 0 Å². The van der Waals surface area contributed by atoms with Crippen LogP contribution in [0.2, 0.25) is 0 Å². The van der Waals surface area contributed by atoms with Crippen molar-refractivity contribution in [1.82, 2.24) is 20.2 Å². The lowest BCUT2D eigenvalue weighted by atomic mass is 9.84. The van der Waals surface area contributed by atoms with Gasteiger partial charge in [-0.15, -0.1) is 5.10 Å². The molecule has 112 valence electrons. The SMILES string of the molecule is CCC1CCC(n2nnnc2-c2cccc(N)c2Br)CC1. The Kier molecular flexibility index (Phi) is 4.24. The van der Waals surface area contributed by atoms with Crippen LogP contribution in [0.15, 0.2) is 22.7 Å². The van der Waals surface area contributed by atoms with E-state index in [0.29, 0.717) is 11.7 Å². The summed E-state index contributed by atoms with van der Waals surface area (Å²) in [6.07, 6.45) is 6.10. The molecule has 5 nitrogen and oxygen atoms in total. The molecule has 3 rings (SSSR count). The first-order valence-electron chi connectivity index (χ1n) is 7.53. The Bertz CT molecular complexity index is 616. The number of nitrogens with zero attached hydrogens (tertiary/aromatic N) is 4. The summed E-state index contributed by atoms with van der Waals surface area (Å²) >= 11 is 3.55. The maximum atomic E-state index is 5.97. The van der Waals surface area contributed by atoms with E-state index < -0.39 is 0 Å². The van der Waals surface area contributed by atoms with Gasteiger partial charge in [-0.25, -0.2) is 4.68 Å². The van der Waals surface area contributed by atoms with Crippen LogP contribution in [-0.4, -0.2) is 20.2 Å². The number of halogens is 1. The minimum atomic E-state index is 0.395. The Morgan fingerprint density at radius 1 is 1.29 bits per heavy atom. The topological polar surface area (TPSA) is 69.6 Å². The van der Waals surface area contributed by atoms with Crippen LogP contribution in [0, 0.1) is 5.92 Å². The van der Waals surface area contributed by atoms with Crippen molar-refractivity contribution in [1.29, 1.82) is 0 Å². The summed E-state index contributed by atoms with van der Waals surface area (Å²) in [5.74, 6) is 1.66. The number of benzene rings is 1. The van der Waals surface area contributed by atoms with Crippen LogP contribution in [0.5, 0.6) is 0 Å². The molecule has 1 saturated carbocycles. The van der Waals surface area contributed by atoms with Crippen LogP contribution in [0.3, 0.4) is 0 Å². The standard InChI is InChI=1S/C15H20BrN5/c1-2-10-6-8-11(9-7-10)21-15(18-19-20-21)12-4-3-5-13(17)14(12)16/h3-5,10-11H,2,6-9,17H2,1H3. The minimum Gasteiger partial charge on any atom is -0.398 e. The first-order chi connectivity index (χ1) is 10.2. The molecule has 1 fully saturated rings. The van der Waals surface area contributed by atoms with Gasteiger partial charge >= 0.3 is 0 Å². The number of aromatic nitrogens is 4. The molecule has 0 unspecified atom stereocenters. The molecule has 0 saturated heterocycles. The molecule has 2 aromatic rings. The Labute approximate surface area is 133 Å². The summed E-state index contributed by atoms with van der Waals surface area (Å²) in [5, 5.41) is 12.3. The second-order valence-corrected chi connectivity index (χ2v) is 6.53. The van der Waals surface area contributed by atoms with Gasteiger partial charge in [0.1, 0.15) is 0 Å². The van der Waals surface area contributed by atoms with E-state index in [9.17, 15) is 0 Å². The molecule has 0 amide bonds. The maximum Gasteiger partial charge on any atom is 0.183 e. The fraction of sp³-hybridized carbons (Fsp3) is 0.533. The molecular formula is C15H20BrN5. The number of anilines is 1. The van der Waals surface area contributed by atoms with Gasteiger partial charge in [-0.05, 0) is 70.1 Å². The largest absolute Gasteiger partial charge is 0.398 e. The van der Waals surface area contributed by atoms with Crippen molar-refractivity contribution in [3.63, 3.8) is 0 Å². The highest BCUT2D eigenvalue weighted by Crippen LogP contribution is 2.37. The summed E-state index contributed by atoms with van der Waals surface area (Å²) in [7, 11) is 0. The van der Waals surface area contributed by atoms with E-state index in [4.69, 9.17) is 5.73 Å². The van der Waals surface area contributed by atoms with E-state index in [1.807, 2.05) is 22.9 Å². The highest BCUT2D eigenvalue weighted by atomic mass is 79.9. The molecule has 6 heteroatoms. The second kappa shape index (κ2) is 6.13. The monoisotopic (exact) mass is 349 g/mol. The van der Waals surface area contributed by atoms with Crippen LogP contribution in [0.1, 0.15) is 45.1 Å². The van der Waals surface area contributed by atoms with Crippen molar-refractivity contribution in [2.75, 3.05) is 5.73 Å². The van der Waals surface area contributed by atoms with E-state index in [-0.39, 0.29) is 0 Å². The Morgan fingerprint density at radius 2 is 2.05 bits per heavy atom. The van der Waals surface area contributed by atoms with Gasteiger partial charge in [-0.3, -0.25) is 0 Å². The van der Waals surface area contributed by atoms with Crippen LogP contribution < -0.4 is 5.73 Å². The van der Waals surface area contributed by atoms with Crippen LogP contribution >= 0.6 is 15.9 Å². The Hall–Kier alpha value is -1.43. The number of nitrogen functional groups attached to an aromatic ring is 1. The molecule has 0 atom stereocenters. The molecule has 1 aliphatic carbocycles. The van der Waals surface area contributed by atoms with Crippen molar-refractivity contribution in [3.8, 4) is 11.4 Å². The maximum absolute atomic E-state index is 5.97. The van der Waals surface area contributed by atoms with Crippen molar-refractivity contribution >= 4 is 21.6 Å². The average molecular weight is 350 g/mol. The third-order valence-corrected chi connectivity index (χ3v) is 5.39. The number of rotatable bonds is 3. The molecule has 1 heterocycles. The number of tetrazole rings is 1. The van der Waals surface area contributed by atoms with Gasteiger partial charge in [-0.2, -0.15) is 0 Å². The first kappa shape index (κ1) is 14.5. The van der Waals surface area contributed by atoms with E-state index >= 15 is 0 Å². The second-order valence-electron chi connectivity index (χ2n) is 5.74. The molecule has 21 heavy (non-hydrogen) atoms. The van der Waals surface area contributed by atoms with Crippen molar-refractivity contribution in [3.05, 3.63) is 22.7 Å². The fourth-order valence-corrected chi connectivity index (χ4v) is 3.58. The lowest BCUT2D eigenvalue weighted by Gasteiger charge is -2.28. The van der Waals surface area contributed by atoms with Crippen molar-refractivity contribution < 1.29 is 0 Å². The van der Waals surface area contributed by atoms with Crippen LogP contribution in [0.4, 0.5) is 5.69 Å². The quantitative estimate of drug-likeness (QED) is 0.855. The molecule has 0 aliphatic heterocycles. The summed E-state index contributed by atoms with van der Waals surface area (Å²) in [4.78, 5) is 0. The van der Waals surface area contributed by atoms with Gasteiger partial charge in [0.15, 0.2) is 5.82 Å².